The van der Waals surface area contributed by atoms with Gasteiger partial charge in [0.05, 0.1) is 18.8 Å². The maximum atomic E-state index is 14.9. The Morgan fingerprint density at radius 1 is 0.917 bits per heavy atom. The number of ether oxygens (including phenoxy) is 2. The molecule has 2 aromatic rings. The third kappa shape index (κ3) is 6.93. The highest BCUT2D eigenvalue weighted by molar-refractivity contribution is 6.31. The van der Waals surface area contributed by atoms with Gasteiger partial charge in [0.2, 0.25) is 0 Å². The fourth-order valence-corrected chi connectivity index (χ4v) is 5.43. The highest BCUT2D eigenvalue weighted by Crippen LogP contribution is 2.37. The van der Waals surface area contributed by atoms with E-state index in [1.54, 1.807) is 6.07 Å². The number of hydrogen-bond donors (Lipinski definition) is 0. The van der Waals surface area contributed by atoms with Crippen LogP contribution in [0.3, 0.4) is 0 Å². The Balaban J connectivity index is 1.27. The summed E-state index contributed by atoms with van der Waals surface area (Å²) in [6, 6.07) is 6.96. The molecule has 0 amide bonds. The van der Waals surface area contributed by atoms with E-state index < -0.39 is 22.5 Å². The number of benzene rings is 2. The fourth-order valence-electron chi connectivity index (χ4n) is 5.32. The van der Waals surface area contributed by atoms with Crippen LogP contribution >= 0.6 is 11.6 Å². The average Bonchev–Trinajstić information content (AvgIpc) is 2.89. The summed E-state index contributed by atoms with van der Waals surface area (Å²) >= 11 is 5.55. The Labute approximate surface area is 217 Å². The molecular formula is C30H36ClF3O2. The maximum absolute atomic E-state index is 14.9. The van der Waals surface area contributed by atoms with Gasteiger partial charge in [0, 0.05) is 12.2 Å². The molecule has 1 aliphatic carbocycles. The largest absolute Gasteiger partial charge is 0.376 e. The van der Waals surface area contributed by atoms with Crippen molar-refractivity contribution in [1.29, 1.82) is 0 Å². The molecule has 36 heavy (non-hydrogen) atoms. The van der Waals surface area contributed by atoms with Crippen LogP contribution in [0.15, 0.2) is 36.4 Å². The molecule has 2 aliphatic rings. The van der Waals surface area contributed by atoms with Crippen LogP contribution in [0.5, 0.6) is 0 Å². The topological polar surface area (TPSA) is 18.5 Å². The predicted octanol–water partition coefficient (Wildman–Crippen LogP) is 9.14. The van der Waals surface area contributed by atoms with Gasteiger partial charge < -0.3 is 9.47 Å². The van der Waals surface area contributed by atoms with Crippen molar-refractivity contribution in [2.75, 3.05) is 13.2 Å². The van der Waals surface area contributed by atoms with Crippen LogP contribution in [-0.2, 0) is 9.47 Å². The first-order valence-electron chi connectivity index (χ1n) is 13.3. The lowest BCUT2D eigenvalue weighted by Gasteiger charge is -2.35. The van der Waals surface area contributed by atoms with Gasteiger partial charge in [-0.25, -0.2) is 13.2 Å². The Hall–Kier alpha value is -1.82. The summed E-state index contributed by atoms with van der Waals surface area (Å²) in [4.78, 5) is 0. The summed E-state index contributed by atoms with van der Waals surface area (Å²) in [5.41, 5.74) is 2.19. The van der Waals surface area contributed by atoms with Crippen LogP contribution in [0.2, 0.25) is 5.02 Å². The molecule has 0 aromatic heterocycles. The zero-order chi connectivity index (χ0) is 25.5. The second kappa shape index (κ2) is 13.1. The van der Waals surface area contributed by atoms with Gasteiger partial charge >= 0.3 is 0 Å². The van der Waals surface area contributed by atoms with Crippen molar-refractivity contribution in [3.63, 3.8) is 0 Å². The molecule has 1 heterocycles. The summed E-state index contributed by atoms with van der Waals surface area (Å²) in [5, 5.41) is -0.583. The molecule has 1 aliphatic heterocycles. The quantitative estimate of drug-likeness (QED) is 0.229. The first-order valence-corrected chi connectivity index (χ1v) is 13.7. The molecule has 1 saturated heterocycles. The summed E-state index contributed by atoms with van der Waals surface area (Å²) in [5.74, 6) is -1.85. The van der Waals surface area contributed by atoms with Gasteiger partial charge in [0.15, 0.2) is 0 Å². The molecule has 0 saturated carbocycles. The fraction of sp³-hybridized carbons (Fsp3) is 0.533. The van der Waals surface area contributed by atoms with E-state index in [9.17, 15) is 13.2 Å². The number of unbranched alkanes of at least 4 members (excludes halogenated alkanes) is 4. The van der Waals surface area contributed by atoms with E-state index in [0.717, 1.165) is 68.4 Å². The summed E-state index contributed by atoms with van der Waals surface area (Å²) < 4.78 is 54.8. The number of hydrogen-bond acceptors (Lipinski definition) is 2. The first-order chi connectivity index (χ1) is 17.5. The van der Waals surface area contributed by atoms with Crippen molar-refractivity contribution in [2.45, 2.75) is 83.3 Å². The molecule has 6 heteroatoms. The Morgan fingerprint density at radius 2 is 1.67 bits per heavy atom. The normalized spacial score (nSPS) is 22.5. The monoisotopic (exact) mass is 520 g/mol. The zero-order valence-electron chi connectivity index (χ0n) is 21.0. The van der Waals surface area contributed by atoms with Crippen LogP contribution < -0.4 is 0 Å². The third-order valence-corrected chi connectivity index (χ3v) is 7.84. The smallest absolute Gasteiger partial charge is 0.145 e. The summed E-state index contributed by atoms with van der Waals surface area (Å²) in [6.45, 7) is 3.73. The minimum atomic E-state index is -0.901. The zero-order valence-corrected chi connectivity index (χ0v) is 21.8. The van der Waals surface area contributed by atoms with Gasteiger partial charge in [-0.3, -0.25) is 0 Å². The van der Waals surface area contributed by atoms with Crippen LogP contribution in [0.25, 0.3) is 16.7 Å². The predicted molar refractivity (Wildman–Crippen MR) is 140 cm³/mol. The van der Waals surface area contributed by atoms with Gasteiger partial charge in [-0.15, -0.1) is 0 Å². The molecule has 3 unspecified atom stereocenters. The van der Waals surface area contributed by atoms with Crippen molar-refractivity contribution >= 4 is 17.2 Å². The molecule has 3 atom stereocenters. The molecule has 2 aromatic carbocycles. The lowest BCUT2D eigenvalue weighted by Crippen LogP contribution is -2.36. The Kier molecular flexibility index (Phi) is 9.92. The minimum Gasteiger partial charge on any atom is -0.376 e. The van der Waals surface area contributed by atoms with E-state index in [0.29, 0.717) is 12.5 Å². The average molecular weight is 521 g/mol. The summed E-state index contributed by atoms with van der Waals surface area (Å²) in [7, 11) is 0. The number of halogens is 4. The van der Waals surface area contributed by atoms with Gasteiger partial charge in [0.1, 0.15) is 22.5 Å². The molecule has 2 nitrogen and oxygen atoms in total. The summed E-state index contributed by atoms with van der Waals surface area (Å²) in [6.07, 6.45) is 13.7. The van der Waals surface area contributed by atoms with Crippen LogP contribution in [0.1, 0.15) is 76.7 Å². The second-order valence-corrected chi connectivity index (χ2v) is 10.4. The highest BCUT2D eigenvalue weighted by Gasteiger charge is 2.30. The van der Waals surface area contributed by atoms with Crippen LogP contribution in [0.4, 0.5) is 13.2 Å². The highest BCUT2D eigenvalue weighted by atomic mass is 35.5. The molecule has 4 rings (SSSR count). The van der Waals surface area contributed by atoms with Gasteiger partial charge in [0.25, 0.3) is 0 Å². The first kappa shape index (κ1) is 27.2. The van der Waals surface area contributed by atoms with Gasteiger partial charge in [-0.05, 0) is 79.3 Å². The van der Waals surface area contributed by atoms with E-state index in [2.05, 4.69) is 13.0 Å². The SMILES string of the molecule is CCCCCCCOC1CCC(C2CC=C(c3ccc(-c4cc(F)c(Cl)c(F)c4)c(F)c3)CC2)OC1. The van der Waals surface area contributed by atoms with Crippen molar-refractivity contribution in [3.8, 4) is 11.1 Å². The van der Waals surface area contributed by atoms with Crippen molar-refractivity contribution in [3.05, 3.63) is 64.4 Å². The molecule has 0 bridgehead atoms. The second-order valence-electron chi connectivity index (χ2n) is 10.1. The van der Waals surface area contributed by atoms with E-state index >= 15 is 0 Å². The van der Waals surface area contributed by atoms with E-state index in [1.165, 1.54) is 31.7 Å². The van der Waals surface area contributed by atoms with Crippen LogP contribution in [-0.4, -0.2) is 25.4 Å². The maximum Gasteiger partial charge on any atom is 0.145 e. The molecular weight excluding hydrogens is 485 g/mol. The Morgan fingerprint density at radius 3 is 2.31 bits per heavy atom. The van der Waals surface area contributed by atoms with Crippen molar-refractivity contribution < 1.29 is 22.6 Å². The van der Waals surface area contributed by atoms with Gasteiger partial charge in [-0.1, -0.05) is 62.4 Å². The van der Waals surface area contributed by atoms with E-state index in [1.807, 2.05) is 6.07 Å². The van der Waals surface area contributed by atoms with Crippen molar-refractivity contribution in [2.24, 2.45) is 5.92 Å². The molecule has 1 fully saturated rings. The number of allylic oxidation sites excluding steroid dienone is 2. The number of rotatable bonds is 10. The van der Waals surface area contributed by atoms with Crippen molar-refractivity contribution in [1.82, 2.24) is 0 Å². The third-order valence-electron chi connectivity index (χ3n) is 7.48. The van der Waals surface area contributed by atoms with Crippen LogP contribution in [0, 0.1) is 23.4 Å². The lowest BCUT2D eigenvalue weighted by molar-refractivity contribution is -0.104. The Bertz CT molecular complexity index is 1020. The van der Waals surface area contributed by atoms with E-state index in [-0.39, 0.29) is 23.3 Å². The standard InChI is InChI=1S/C30H36ClF3O2/c1-2-3-4-5-6-15-35-24-12-14-29(36-19-24)21-9-7-20(8-10-21)22-11-13-25(26(32)16-22)23-17-27(33)30(31)28(34)18-23/h7,11,13,16-18,21,24,29H,2-6,8-10,12,14-15,19H2,1H3. The van der Waals surface area contributed by atoms with E-state index in [4.69, 9.17) is 21.1 Å². The lowest BCUT2D eigenvalue weighted by atomic mass is 9.81. The molecule has 0 spiro atoms. The molecule has 196 valence electrons. The van der Waals surface area contributed by atoms with Gasteiger partial charge in [-0.2, -0.15) is 0 Å². The molecule has 0 radical (unpaired) electrons. The molecule has 0 N–H and O–H groups in total. The minimum absolute atomic E-state index is 0.129.